The molecule has 8 nitrogen and oxygen atoms in total. The molecule has 2 N–H and O–H groups in total. The first kappa shape index (κ1) is 23.3. The molecule has 2 aliphatic heterocycles. The van der Waals surface area contributed by atoms with Crippen molar-refractivity contribution in [2.75, 3.05) is 24.5 Å². The van der Waals surface area contributed by atoms with E-state index in [1.165, 1.54) is 0 Å². The van der Waals surface area contributed by atoms with Crippen LogP contribution in [0.3, 0.4) is 0 Å². The Hall–Kier alpha value is -2.32. The van der Waals surface area contributed by atoms with Crippen molar-refractivity contribution in [1.82, 2.24) is 4.90 Å². The molecule has 3 atom stereocenters. The van der Waals surface area contributed by atoms with Gasteiger partial charge in [0.25, 0.3) is 0 Å². The van der Waals surface area contributed by atoms with Gasteiger partial charge in [0.15, 0.2) is 6.10 Å². The van der Waals surface area contributed by atoms with Gasteiger partial charge in [0.2, 0.25) is 5.91 Å². The minimum absolute atomic E-state index is 0.102. The quantitative estimate of drug-likeness (QED) is 0.667. The average Bonchev–Trinajstić information content (AvgIpc) is 3.06. The van der Waals surface area contributed by atoms with Crippen LogP contribution in [0.25, 0.3) is 0 Å². The molecule has 0 unspecified atom stereocenters. The van der Waals surface area contributed by atoms with Gasteiger partial charge in [-0.05, 0) is 31.9 Å². The van der Waals surface area contributed by atoms with Gasteiger partial charge in [0.1, 0.15) is 6.10 Å². The molecule has 9 heteroatoms. The predicted molar refractivity (Wildman–Crippen MR) is 117 cm³/mol. The number of anilines is 1. The number of benzene rings is 1. The molecule has 2 heterocycles. The number of esters is 1. The van der Waals surface area contributed by atoms with E-state index in [4.69, 9.17) is 26.8 Å². The zero-order valence-electron chi connectivity index (χ0n) is 18.3. The highest BCUT2D eigenvalue weighted by Crippen LogP contribution is 2.34. The van der Waals surface area contributed by atoms with Crippen LogP contribution in [-0.2, 0) is 19.1 Å². The number of amides is 2. The first-order valence-corrected chi connectivity index (χ1v) is 10.8. The maximum Gasteiger partial charge on any atom is 0.404 e. The number of nitrogens with zero attached hydrogens (tertiary/aromatic N) is 2. The molecule has 1 aromatic carbocycles. The van der Waals surface area contributed by atoms with Crippen LogP contribution in [0, 0.1) is 11.8 Å². The molecule has 2 saturated heterocycles. The number of halogens is 1. The van der Waals surface area contributed by atoms with E-state index in [1.807, 2.05) is 50.8 Å². The summed E-state index contributed by atoms with van der Waals surface area (Å²) in [7, 11) is 0. The maximum absolute atomic E-state index is 13.0. The molecule has 1 aromatic rings. The van der Waals surface area contributed by atoms with Crippen LogP contribution in [0.4, 0.5) is 10.5 Å². The van der Waals surface area contributed by atoms with Crippen molar-refractivity contribution < 1.29 is 23.9 Å². The lowest BCUT2D eigenvalue weighted by Gasteiger charge is -2.47. The van der Waals surface area contributed by atoms with Gasteiger partial charge in [-0.1, -0.05) is 37.6 Å². The molecule has 31 heavy (non-hydrogen) atoms. The molecule has 170 valence electrons. The number of para-hydroxylation sites is 1. The van der Waals surface area contributed by atoms with Crippen molar-refractivity contribution in [3.63, 3.8) is 0 Å². The molecular formula is C22H30ClN3O5. The second-order valence-corrected chi connectivity index (χ2v) is 9.57. The molecule has 0 spiro atoms. The van der Waals surface area contributed by atoms with E-state index in [9.17, 15) is 14.4 Å². The zero-order chi connectivity index (χ0) is 22.9. The van der Waals surface area contributed by atoms with E-state index in [2.05, 4.69) is 0 Å². The number of hydrogen-bond donors (Lipinski definition) is 1. The Balaban J connectivity index is 1.77. The summed E-state index contributed by atoms with van der Waals surface area (Å²) in [4.78, 5) is 40.4. The van der Waals surface area contributed by atoms with E-state index >= 15 is 0 Å². The highest BCUT2D eigenvalue weighted by molar-refractivity contribution is 6.33. The van der Waals surface area contributed by atoms with Gasteiger partial charge >= 0.3 is 12.1 Å². The van der Waals surface area contributed by atoms with E-state index < -0.39 is 23.8 Å². The Kier molecular flexibility index (Phi) is 6.81. The van der Waals surface area contributed by atoms with Gasteiger partial charge in [0, 0.05) is 25.0 Å². The number of nitrogens with two attached hydrogens (primary N) is 1. The minimum Gasteiger partial charge on any atom is -0.458 e. The predicted octanol–water partition coefficient (Wildman–Crippen LogP) is 2.82. The summed E-state index contributed by atoms with van der Waals surface area (Å²) >= 11 is 6.31. The summed E-state index contributed by atoms with van der Waals surface area (Å²) in [5.74, 6) is -0.551. The van der Waals surface area contributed by atoms with E-state index in [-0.39, 0.29) is 36.8 Å². The molecule has 0 radical (unpaired) electrons. The summed E-state index contributed by atoms with van der Waals surface area (Å²) < 4.78 is 10.9. The number of ether oxygens (including phenoxy) is 2. The molecule has 0 bridgehead atoms. The Labute approximate surface area is 187 Å². The standard InChI is InChI=1S/C22H30ClN3O5/c1-13(2)14-9-17(30-20(14)28)18(31-21(24)29)10-25-11-19(27)26(12-22(25,3)4)16-8-6-5-7-15(16)23/h5-8,13-14,17-18H,9-12H2,1-4H3,(H2,24,29)/t14-,17-,18-/m0/s1. The highest BCUT2D eigenvalue weighted by Gasteiger charge is 2.45. The smallest absolute Gasteiger partial charge is 0.404 e. The summed E-state index contributed by atoms with van der Waals surface area (Å²) in [6.45, 7) is 8.64. The Morgan fingerprint density at radius 1 is 1.32 bits per heavy atom. The minimum atomic E-state index is -0.937. The monoisotopic (exact) mass is 451 g/mol. The number of piperazine rings is 1. The van der Waals surface area contributed by atoms with Crippen LogP contribution in [-0.4, -0.2) is 60.3 Å². The normalized spacial score (nSPS) is 24.9. The third-order valence-electron chi connectivity index (χ3n) is 6.12. The van der Waals surface area contributed by atoms with Crippen LogP contribution in [0.5, 0.6) is 0 Å². The van der Waals surface area contributed by atoms with Gasteiger partial charge in [-0.2, -0.15) is 0 Å². The van der Waals surface area contributed by atoms with Crippen LogP contribution in [0.15, 0.2) is 24.3 Å². The van der Waals surface area contributed by atoms with Crippen molar-refractivity contribution in [3.05, 3.63) is 29.3 Å². The van der Waals surface area contributed by atoms with Crippen molar-refractivity contribution in [1.29, 1.82) is 0 Å². The zero-order valence-corrected chi connectivity index (χ0v) is 19.1. The van der Waals surface area contributed by atoms with Gasteiger partial charge < -0.3 is 20.1 Å². The highest BCUT2D eigenvalue weighted by atomic mass is 35.5. The van der Waals surface area contributed by atoms with Gasteiger partial charge in [-0.15, -0.1) is 0 Å². The second-order valence-electron chi connectivity index (χ2n) is 9.16. The van der Waals surface area contributed by atoms with E-state index in [0.717, 1.165) is 0 Å². The lowest BCUT2D eigenvalue weighted by atomic mass is 9.90. The largest absolute Gasteiger partial charge is 0.458 e. The van der Waals surface area contributed by atoms with E-state index in [1.54, 1.807) is 11.0 Å². The summed E-state index contributed by atoms with van der Waals surface area (Å²) in [6.07, 6.45) is -1.85. The SMILES string of the molecule is CC(C)[C@@H]1C[C@@H]([C@H](CN2CC(=O)N(c3ccccc3Cl)CC2(C)C)OC(N)=O)OC1=O. The van der Waals surface area contributed by atoms with Crippen LogP contribution >= 0.6 is 11.6 Å². The number of rotatable bonds is 6. The van der Waals surface area contributed by atoms with Gasteiger partial charge in [-0.3, -0.25) is 14.5 Å². The van der Waals surface area contributed by atoms with Crippen molar-refractivity contribution in [2.24, 2.45) is 17.6 Å². The van der Waals surface area contributed by atoms with Crippen molar-refractivity contribution >= 4 is 35.3 Å². The molecule has 2 amide bonds. The van der Waals surface area contributed by atoms with Gasteiger partial charge in [-0.25, -0.2) is 4.79 Å². The number of carbonyl (C=O) groups is 3. The third-order valence-corrected chi connectivity index (χ3v) is 6.43. The van der Waals surface area contributed by atoms with Crippen LogP contribution < -0.4 is 10.6 Å². The number of primary amides is 1. The Morgan fingerprint density at radius 2 is 2.00 bits per heavy atom. The fraction of sp³-hybridized carbons (Fsp3) is 0.591. The fourth-order valence-electron chi connectivity index (χ4n) is 4.24. The average molecular weight is 452 g/mol. The molecule has 0 aliphatic carbocycles. The first-order valence-electron chi connectivity index (χ1n) is 10.5. The molecule has 2 aliphatic rings. The molecule has 0 saturated carbocycles. The van der Waals surface area contributed by atoms with Crippen LogP contribution in [0.2, 0.25) is 5.02 Å². The molecule has 2 fully saturated rings. The lowest BCUT2D eigenvalue weighted by molar-refractivity contribution is -0.150. The van der Waals surface area contributed by atoms with Crippen LogP contribution in [0.1, 0.15) is 34.1 Å². The third kappa shape index (κ3) is 5.13. The lowest BCUT2D eigenvalue weighted by Crippen LogP contribution is -2.64. The Morgan fingerprint density at radius 3 is 2.58 bits per heavy atom. The summed E-state index contributed by atoms with van der Waals surface area (Å²) in [5, 5.41) is 0.507. The fourth-order valence-corrected chi connectivity index (χ4v) is 4.48. The second kappa shape index (κ2) is 9.04. The summed E-state index contributed by atoms with van der Waals surface area (Å²) in [6, 6.07) is 7.22. The number of cyclic esters (lactones) is 1. The Bertz CT molecular complexity index is 859. The topological polar surface area (TPSA) is 102 Å². The van der Waals surface area contributed by atoms with Crippen molar-refractivity contribution in [3.8, 4) is 0 Å². The molecular weight excluding hydrogens is 422 g/mol. The first-order chi connectivity index (χ1) is 14.5. The van der Waals surface area contributed by atoms with E-state index in [0.29, 0.717) is 23.7 Å². The summed E-state index contributed by atoms with van der Waals surface area (Å²) in [5.41, 5.74) is 5.51. The van der Waals surface area contributed by atoms with Gasteiger partial charge in [0.05, 0.1) is 23.2 Å². The maximum atomic E-state index is 13.0. The molecule has 3 rings (SSSR count). The van der Waals surface area contributed by atoms with Crippen molar-refractivity contribution in [2.45, 2.75) is 51.9 Å². The molecule has 0 aromatic heterocycles. The number of hydrogen-bond acceptors (Lipinski definition) is 6. The number of carbonyl (C=O) groups excluding carboxylic acids is 3.